The van der Waals surface area contributed by atoms with Crippen LogP contribution in [-0.4, -0.2) is 23.7 Å². The molecular weight excluding hydrogens is 260 g/mol. The maximum atomic E-state index is 6.04. The minimum atomic E-state index is 0.366. The summed E-state index contributed by atoms with van der Waals surface area (Å²) in [5.74, 6) is 0. The highest BCUT2D eigenvalue weighted by Crippen LogP contribution is 2.53. The summed E-state index contributed by atoms with van der Waals surface area (Å²) in [5, 5.41) is 3.86. The minimum Gasteiger partial charge on any atom is -0.378 e. The van der Waals surface area contributed by atoms with Crippen molar-refractivity contribution in [3.63, 3.8) is 0 Å². The standard InChI is InChI=1S/C18H28N2O/c1-3-21-17-12-16(18(17)9-5-4-6-10-18)20-14(2)15-8-7-11-19-13-15/h7-8,11,13-14,16-17,20H,3-6,9-10,12H2,1-2H3/t14-,16?,17?/m1/s1. The Morgan fingerprint density at radius 1 is 1.38 bits per heavy atom. The molecule has 1 aromatic heterocycles. The second kappa shape index (κ2) is 6.45. The average molecular weight is 288 g/mol. The fourth-order valence-corrected chi connectivity index (χ4v) is 4.33. The number of hydrogen-bond acceptors (Lipinski definition) is 3. The maximum Gasteiger partial charge on any atom is 0.0661 e. The molecule has 1 aromatic rings. The van der Waals surface area contributed by atoms with Crippen molar-refractivity contribution in [2.75, 3.05) is 6.61 Å². The number of ether oxygens (including phenoxy) is 1. The lowest BCUT2D eigenvalue weighted by atomic mass is 9.55. The lowest BCUT2D eigenvalue weighted by Crippen LogP contribution is -2.64. The highest BCUT2D eigenvalue weighted by Gasteiger charge is 2.55. The highest BCUT2D eigenvalue weighted by atomic mass is 16.5. The van der Waals surface area contributed by atoms with E-state index < -0.39 is 0 Å². The van der Waals surface area contributed by atoms with E-state index in [9.17, 15) is 0 Å². The van der Waals surface area contributed by atoms with Crippen molar-refractivity contribution in [1.82, 2.24) is 10.3 Å². The van der Waals surface area contributed by atoms with Gasteiger partial charge in [0.1, 0.15) is 0 Å². The van der Waals surface area contributed by atoms with Crippen molar-refractivity contribution in [3.05, 3.63) is 30.1 Å². The van der Waals surface area contributed by atoms with Crippen LogP contribution in [0.15, 0.2) is 24.5 Å². The van der Waals surface area contributed by atoms with Gasteiger partial charge in [0.05, 0.1) is 6.10 Å². The SMILES string of the molecule is CCOC1CC(N[C@H](C)c2cccnc2)C12CCCCC2. The monoisotopic (exact) mass is 288 g/mol. The fourth-order valence-electron chi connectivity index (χ4n) is 4.33. The Morgan fingerprint density at radius 3 is 2.86 bits per heavy atom. The first-order valence-electron chi connectivity index (χ1n) is 8.54. The van der Waals surface area contributed by atoms with E-state index in [0.717, 1.165) is 6.61 Å². The topological polar surface area (TPSA) is 34.1 Å². The molecule has 3 atom stereocenters. The molecule has 1 spiro atoms. The van der Waals surface area contributed by atoms with E-state index in [2.05, 4.69) is 30.2 Å². The van der Waals surface area contributed by atoms with Gasteiger partial charge < -0.3 is 10.1 Å². The fraction of sp³-hybridized carbons (Fsp3) is 0.722. The third-order valence-corrected chi connectivity index (χ3v) is 5.57. The van der Waals surface area contributed by atoms with Crippen LogP contribution >= 0.6 is 0 Å². The van der Waals surface area contributed by atoms with Crippen molar-refractivity contribution in [1.29, 1.82) is 0 Å². The largest absolute Gasteiger partial charge is 0.378 e. The van der Waals surface area contributed by atoms with E-state index in [-0.39, 0.29) is 0 Å². The van der Waals surface area contributed by atoms with Crippen molar-refractivity contribution in [2.45, 2.75) is 70.6 Å². The summed E-state index contributed by atoms with van der Waals surface area (Å²) < 4.78 is 6.04. The molecule has 2 fully saturated rings. The molecule has 116 valence electrons. The van der Waals surface area contributed by atoms with E-state index >= 15 is 0 Å². The number of nitrogens with zero attached hydrogens (tertiary/aromatic N) is 1. The molecule has 2 saturated carbocycles. The summed E-state index contributed by atoms with van der Waals surface area (Å²) in [4.78, 5) is 4.24. The summed E-state index contributed by atoms with van der Waals surface area (Å²) in [6, 6.07) is 5.15. The molecule has 2 aliphatic rings. The van der Waals surface area contributed by atoms with Gasteiger partial charge in [-0.05, 0) is 44.7 Å². The summed E-state index contributed by atoms with van der Waals surface area (Å²) in [7, 11) is 0. The van der Waals surface area contributed by atoms with Crippen LogP contribution in [0.25, 0.3) is 0 Å². The molecular formula is C18H28N2O. The first-order chi connectivity index (χ1) is 10.3. The van der Waals surface area contributed by atoms with Gasteiger partial charge in [0.15, 0.2) is 0 Å². The van der Waals surface area contributed by atoms with Crippen LogP contribution in [0, 0.1) is 5.41 Å². The minimum absolute atomic E-state index is 0.366. The van der Waals surface area contributed by atoms with E-state index in [1.807, 2.05) is 18.5 Å². The van der Waals surface area contributed by atoms with Gasteiger partial charge in [0.25, 0.3) is 0 Å². The number of pyridine rings is 1. The van der Waals surface area contributed by atoms with E-state index in [1.54, 1.807) is 0 Å². The second-order valence-corrected chi connectivity index (χ2v) is 6.70. The van der Waals surface area contributed by atoms with Gasteiger partial charge in [0, 0.05) is 36.5 Å². The quantitative estimate of drug-likeness (QED) is 0.893. The first-order valence-corrected chi connectivity index (χ1v) is 8.54. The second-order valence-electron chi connectivity index (χ2n) is 6.70. The molecule has 0 aliphatic heterocycles. The molecule has 3 rings (SSSR count). The molecule has 21 heavy (non-hydrogen) atoms. The van der Waals surface area contributed by atoms with Crippen molar-refractivity contribution < 1.29 is 4.74 Å². The van der Waals surface area contributed by atoms with Gasteiger partial charge in [-0.2, -0.15) is 0 Å². The molecule has 0 saturated heterocycles. The van der Waals surface area contributed by atoms with Crippen molar-refractivity contribution >= 4 is 0 Å². The Labute approximate surface area is 128 Å². The molecule has 1 heterocycles. The predicted molar refractivity (Wildman–Crippen MR) is 85.1 cm³/mol. The molecule has 0 amide bonds. The van der Waals surface area contributed by atoms with E-state index in [1.165, 1.54) is 44.1 Å². The average Bonchev–Trinajstić information content (AvgIpc) is 2.55. The van der Waals surface area contributed by atoms with Crippen LogP contribution in [0.3, 0.4) is 0 Å². The summed E-state index contributed by atoms with van der Waals surface area (Å²) in [6.07, 6.45) is 12.2. The first kappa shape index (κ1) is 15.0. The van der Waals surface area contributed by atoms with Crippen molar-refractivity contribution in [2.24, 2.45) is 5.41 Å². The van der Waals surface area contributed by atoms with Gasteiger partial charge in [-0.1, -0.05) is 25.3 Å². The van der Waals surface area contributed by atoms with Crippen LogP contribution in [0.1, 0.15) is 64.0 Å². The Bertz CT molecular complexity index is 442. The Kier molecular flexibility index (Phi) is 4.60. The van der Waals surface area contributed by atoms with E-state index in [4.69, 9.17) is 4.74 Å². The normalized spacial score (nSPS) is 29.0. The smallest absolute Gasteiger partial charge is 0.0661 e. The van der Waals surface area contributed by atoms with Gasteiger partial charge in [0.2, 0.25) is 0 Å². The lowest BCUT2D eigenvalue weighted by molar-refractivity contribution is -0.152. The van der Waals surface area contributed by atoms with Gasteiger partial charge in [-0.25, -0.2) is 0 Å². The summed E-state index contributed by atoms with van der Waals surface area (Å²) >= 11 is 0. The summed E-state index contributed by atoms with van der Waals surface area (Å²) in [6.45, 7) is 5.22. The lowest BCUT2D eigenvalue weighted by Gasteiger charge is -2.58. The molecule has 3 heteroatoms. The molecule has 0 aromatic carbocycles. The van der Waals surface area contributed by atoms with Gasteiger partial charge in [-0.3, -0.25) is 4.98 Å². The molecule has 0 bridgehead atoms. The van der Waals surface area contributed by atoms with Crippen molar-refractivity contribution in [3.8, 4) is 0 Å². The molecule has 2 unspecified atom stereocenters. The van der Waals surface area contributed by atoms with Gasteiger partial charge >= 0.3 is 0 Å². The third-order valence-electron chi connectivity index (χ3n) is 5.57. The zero-order valence-electron chi connectivity index (χ0n) is 13.3. The highest BCUT2D eigenvalue weighted by molar-refractivity contribution is 5.16. The Hall–Kier alpha value is -0.930. The maximum absolute atomic E-state index is 6.04. The molecule has 1 N–H and O–H groups in total. The molecule has 2 aliphatic carbocycles. The van der Waals surface area contributed by atoms with Crippen LogP contribution in [0.2, 0.25) is 0 Å². The Balaban J connectivity index is 1.67. The number of aromatic nitrogens is 1. The zero-order valence-corrected chi connectivity index (χ0v) is 13.3. The van der Waals surface area contributed by atoms with Crippen LogP contribution in [-0.2, 0) is 4.74 Å². The van der Waals surface area contributed by atoms with Gasteiger partial charge in [-0.15, -0.1) is 0 Å². The zero-order chi connectivity index (χ0) is 14.7. The number of nitrogens with one attached hydrogen (secondary N) is 1. The van der Waals surface area contributed by atoms with Crippen LogP contribution < -0.4 is 5.32 Å². The number of hydrogen-bond donors (Lipinski definition) is 1. The summed E-state index contributed by atoms with van der Waals surface area (Å²) in [5.41, 5.74) is 1.67. The predicted octanol–water partition coefficient (Wildman–Crippen LogP) is 3.86. The molecule has 3 nitrogen and oxygen atoms in total. The number of rotatable bonds is 5. The van der Waals surface area contributed by atoms with Crippen LogP contribution in [0.4, 0.5) is 0 Å². The van der Waals surface area contributed by atoms with E-state index in [0.29, 0.717) is 23.6 Å². The van der Waals surface area contributed by atoms with Crippen LogP contribution in [0.5, 0.6) is 0 Å². The Morgan fingerprint density at radius 2 is 2.19 bits per heavy atom. The third kappa shape index (κ3) is 2.86. The molecule has 0 radical (unpaired) electrons.